The Morgan fingerprint density at radius 2 is 1.25 bits per heavy atom. The predicted octanol–water partition coefficient (Wildman–Crippen LogP) is -3.04. The second kappa shape index (κ2) is 16.3. The molecule has 0 saturated heterocycles. The Hall–Kier alpha value is 3.29. The van der Waals surface area contributed by atoms with Crippen LogP contribution in [-0.4, -0.2) is 37.7 Å². The van der Waals surface area contributed by atoms with Gasteiger partial charge < -0.3 is 7.58 Å². The Morgan fingerprint density at radius 3 is 1.25 bits per heavy atom. The first kappa shape index (κ1) is 26.7. The Balaban J connectivity index is 0. The van der Waals surface area contributed by atoms with Crippen LogP contribution in [0.2, 0.25) is 0 Å². The summed E-state index contributed by atoms with van der Waals surface area (Å²) >= 11 is 0. The van der Waals surface area contributed by atoms with Crippen molar-refractivity contribution in [3.8, 4) is 0 Å². The molecule has 4 heavy (non-hydrogen) atoms. The van der Waals surface area contributed by atoms with Crippen molar-refractivity contribution >= 4 is 47.6 Å². The molecule has 0 heterocycles. The van der Waals surface area contributed by atoms with E-state index in [2.05, 4.69) is 0 Å². The van der Waals surface area contributed by atoms with Crippen LogP contribution < -0.4 is 57.5 Å². The largest absolute Gasteiger partial charge is 1.00 e. The predicted molar refractivity (Wildman–Crippen MR) is 23.0 cm³/mol. The summed E-state index contributed by atoms with van der Waals surface area (Å²) in [6, 6.07) is 0. The van der Waals surface area contributed by atoms with Gasteiger partial charge in [-0.3, -0.25) is 0 Å². The number of hydrogen-bond acceptors (Lipinski definition) is 1. The third kappa shape index (κ3) is 8.99. The minimum absolute atomic E-state index is 0. The van der Waals surface area contributed by atoms with Gasteiger partial charge in [0.25, 0.3) is 0 Å². The van der Waals surface area contributed by atoms with Crippen molar-refractivity contribution in [2.45, 2.75) is 0 Å². The van der Waals surface area contributed by atoms with Gasteiger partial charge in [-0.1, -0.05) is 0 Å². The van der Waals surface area contributed by atoms with Crippen LogP contribution in [0.1, 0.15) is 1.43 Å². The van der Waals surface area contributed by atoms with Gasteiger partial charge in [-0.05, 0) is 0 Å². The topological polar surface area (TPSA) is 35.0 Å². The van der Waals surface area contributed by atoms with Crippen molar-refractivity contribution in [1.29, 1.82) is 0 Å². The van der Waals surface area contributed by atoms with Gasteiger partial charge in [-0.25, -0.2) is 0 Å². The van der Waals surface area contributed by atoms with Gasteiger partial charge in [0.05, 0.1) is 0 Å². The van der Waals surface area contributed by atoms with Crippen molar-refractivity contribution in [2.75, 3.05) is 0 Å². The summed E-state index contributed by atoms with van der Waals surface area (Å²) < 4.78 is 0. The zero-order valence-corrected chi connectivity index (χ0v) is 9.87. The van der Waals surface area contributed by atoms with Crippen LogP contribution in [0.25, 0.3) is 0 Å². The molecule has 0 aromatic rings. The number of rotatable bonds is 0. The summed E-state index contributed by atoms with van der Waals surface area (Å²) in [6.07, 6.45) is 0. The molecule has 20 valence electrons. The molecule has 0 aliphatic carbocycles. The van der Waals surface area contributed by atoms with Gasteiger partial charge in [0.15, 0.2) is 0 Å². The van der Waals surface area contributed by atoms with E-state index < -0.39 is 0 Å². The van der Waals surface area contributed by atoms with Crippen LogP contribution >= 0.6 is 9.90 Å². The van der Waals surface area contributed by atoms with Gasteiger partial charge in [0, 0.05) is 37.7 Å². The zero-order valence-electron chi connectivity index (χ0n) is 4.12. The Morgan fingerprint density at radius 1 is 1.25 bits per heavy atom. The summed E-state index contributed by atoms with van der Waals surface area (Å²) in [5.74, 6) is 0. The first-order valence-corrected chi connectivity index (χ1v) is 0. The van der Waals surface area contributed by atoms with Gasteiger partial charge in [-0.15, -0.1) is 0 Å². The standard InChI is InChI=1S/Ca.K.H3N.H3P.H/h;;2*1H3;/q;+1;;;-1. The van der Waals surface area contributed by atoms with Crippen molar-refractivity contribution in [2.24, 2.45) is 0 Å². The third-order valence-electron chi connectivity index (χ3n) is 0. The van der Waals surface area contributed by atoms with Crippen LogP contribution in [-0.2, 0) is 0 Å². The van der Waals surface area contributed by atoms with Crippen molar-refractivity contribution in [3.05, 3.63) is 0 Å². The molecule has 3 N–H and O–H groups in total. The fourth-order valence-corrected chi connectivity index (χ4v) is 0. The maximum absolute atomic E-state index is 0. The average molecular weight is 131 g/mol. The normalized spacial score (nSPS) is 0. The summed E-state index contributed by atoms with van der Waals surface area (Å²) in [6.45, 7) is 0. The molecule has 0 aromatic carbocycles. The van der Waals surface area contributed by atoms with Crippen molar-refractivity contribution < 1.29 is 52.8 Å². The molecule has 2 radical (unpaired) electrons. The zero-order chi connectivity index (χ0) is 0. The van der Waals surface area contributed by atoms with E-state index in [-0.39, 0.29) is 107 Å². The van der Waals surface area contributed by atoms with Gasteiger partial charge >= 0.3 is 51.4 Å². The van der Waals surface area contributed by atoms with E-state index in [0.717, 1.165) is 0 Å². The minimum atomic E-state index is 0. The Bertz CT molecular complexity index is 11.6. The molecule has 0 aromatic heterocycles. The third-order valence-corrected chi connectivity index (χ3v) is 0. The maximum atomic E-state index is 0. The molecule has 0 amide bonds. The molecule has 1 nitrogen and oxygen atoms in total. The SMILES string of the molecule is N.P.[Ca].[H-].[K+]. The molecule has 1 atom stereocenters. The average Bonchev–Trinajstić information content (AvgIpc) is 0. The van der Waals surface area contributed by atoms with Gasteiger partial charge in [-0.2, -0.15) is 9.90 Å². The monoisotopic (exact) mass is 131 g/mol. The molecule has 0 aliphatic rings. The van der Waals surface area contributed by atoms with E-state index in [1.165, 1.54) is 0 Å². The first-order valence-electron chi connectivity index (χ1n) is 0. The van der Waals surface area contributed by atoms with E-state index in [4.69, 9.17) is 0 Å². The summed E-state index contributed by atoms with van der Waals surface area (Å²) in [5.41, 5.74) is 0. The molecule has 0 fully saturated rings. The summed E-state index contributed by atoms with van der Waals surface area (Å²) in [4.78, 5) is 0. The fourth-order valence-electron chi connectivity index (χ4n) is 0. The molecule has 0 spiro atoms. The fraction of sp³-hybridized carbons (Fsp3) is 0. The van der Waals surface area contributed by atoms with Gasteiger partial charge in [0.2, 0.25) is 0 Å². The van der Waals surface area contributed by atoms with Crippen LogP contribution in [0, 0.1) is 0 Å². The van der Waals surface area contributed by atoms with E-state index in [1.807, 2.05) is 0 Å². The van der Waals surface area contributed by atoms with Crippen LogP contribution in [0.15, 0.2) is 0 Å². The number of hydrogen-bond donors (Lipinski definition) is 1. The van der Waals surface area contributed by atoms with Crippen LogP contribution in [0.4, 0.5) is 0 Å². The second-order valence-electron chi connectivity index (χ2n) is 0. The summed E-state index contributed by atoms with van der Waals surface area (Å²) in [5, 5.41) is 0. The second-order valence-corrected chi connectivity index (χ2v) is 0. The molecule has 0 bridgehead atoms. The van der Waals surface area contributed by atoms with E-state index >= 15 is 0 Å². The van der Waals surface area contributed by atoms with E-state index in [1.54, 1.807) is 0 Å². The quantitative estimate of drug-likeness (QED) is 0.275. The Kier molecular flexibility index (Phi) is 108. The van der Waals surface area contributed by atoms with Crippen LogP contribution in [0.5, 0.6) is 0 Å². The first-order chi connectivity index (χ1) is 0. The summed E-state index contributed by atoms with van der Waals surface area (Å²) in [7, 11) is 0. The molecule has 0 aliphatic heterocycles. The van der Waals surface area contributed by atoms with Gasteiger partial charge in [0.1, 0.15) is 0 Å². The smallest absolute Gasteiger partial charge is 1.00 e. The molecule has 0 saturated carbocycles. The molecular weight excluding hydrogens is 124 g/mol. The van der Waals surface area contributed by atoms with E-state index in [0.29, 0.717) is 0 Å². The van der Waals surface area contributed by atoms with E-state index in [9.17, 15) is 0 Å². The maximum Gasteiger partial charge on any atom is 1.00 e. The van der Waals surface area contributed by atoms with Crippen molar-refractivity contribution in [3.63, 3.8) is 0 Å². The molecule has 4 heteroatoms. The van der Waals surface area contributed by atoms with Crippen molar-refractivity contribution in [1.82, 2.24) is 6.15 Å². The molecule has 1 unspecified atom stereocenters. The molecule has 0 rings (SSSR count). The minimum Gasteiger partial charge on any atom is -1.00 e. The Labute approximate surface area is 104 Å². The van der Waals surface area contributed by atoms with Crippen LogP contribution in [0.3, 0.4) is 0 Å². The molecular formula is H7CaKNP.